The molecule has 3 aliphatic carbocycles. The number of benzene rings is 1. The van der Waals surface area contributed by atoms with Crippen LogP contribution in [0.2, 0.25) is 0 Å². The van der Waals surface area contributed by atoms with Crippen molar-refractivity contribution in [2.75, 3.05) is 18.6 Å². The zero-order valence-corrected chi connectivity index (χ0v) is 20.1. The van der Waals surface area contributed by atoms with E-state index in [1.807, 2.05) is 0 Å². The number of methoxy groups -OCH3 is 1. The van der Waals surface area contributed by atoms with Gasteiger partial charge in [-0.15, -0.1) is 0 Å². The maximum atomic E-state index is 14.8. The molecule has 1 aromatic carbocycles. The molecule has 0 amide bonds. The monoisotopic (exact) mass is 524 g/mol. The Morgan fingerprint density at radius 3 is 2.39 bits per heavy atom. The Bertz CT molecular complexity index is 943. The average molecular weight is 525 g/mol. The third-order valence-electron chi connectivity index (χ3n) is 7.16. The van der Waals surface area contributed by atoms with Gasteiger partial charge in [0.2, 0.25) is 15.9 Å². The van der Waals surface area contributed by atoms with Crippen LogP contribution in [0.25, 0.3) is 0 Å². The Morgan fingerprint density at radius 1 is 1.23 bits per heavy atom. The lowest BCUT2D eigenvalue weighted by molar-refractivity contribution is 0.000839. The van der Waals surface area contributed by atoms with Crippen LogP contribution in [-0.4, -0.2) is 45.2 Å². The van der Waals surface area contributed by atoms with E-state index < -0.39 is 34.1 Å². The number of fused-ring (bicyclic) bond motifs is 4. The molecule has 0 spiro atoms. The van der Waals surface area contributed by atoms with Crippen LogP contribution < -0.4 is 14.4 Å². The van der Waals surface area contributed by atoms with Gasteiger partial charge in [0.25, 0.3) is 0 Å². The number of hydrogen-bond acceptors (Lipinski definition) is 4. The van der Waals surface area contributed by atoms with Crippen LogP contribution in [-0.2, 0) is 10.0 Å². The summed E-state index contributed by atoms with van der Waals surface area (Å²) in [4.78, 5) is 2.12. The van der Waals surface area contributed by atoms with Crippen LogP contribution in [0, 0.1) is 0 Å². The molecule has 5 nitrogen and oxygen atoms in total. The molecule has 3 fully saturated rings. The molecule has 1 aliphatic heterocycles. The Kier molecular flexibility index (Phi) is 5.83. The predicted molar refractivity (Wildman–Crippen MR) is 116 cm³/mol. The summed E-state index contributed by atoms with van der Waals surface area (Å²) in [5, 5.41) is 0. The first-order valence-corrected chi connectivity index (χ1v) is 12.9. The van der Waals surface area contributed by atoms with E-state index in [2.05, 4.69) is 25.6 Å². The molecule has 1 heterocycles. The normalized spacial score (nSPS) is 32.5. The van der Waals surface area contributed by atoms with E-state index in [1.54, 1.807) is 6.07 Å². The third-order valence-corrected chi connectivity index (χ3v) is 9.33. The molecular formula is C21H28BrF3N2O3S. The van der Waals surface area contributed by atoms with E-state index in [0.29, 0.717) is 54.4 Å². The van der Waals surface area contributed by atoms with E-state index in [0.717, 1.165) is 6.92 Å². The Balaban J connectivity index is 1.80. The standard InChI is InChI=1S/C21H28BrF3N2O3S/c1-19(23,24)4-3-14-13-27(21-8-5-20(25,6-9-21)7-10-21)16-11-15(22)17(30-2)12-18(16)31(28,29)26-14/h11-12,14,26H,3-10,13H2,1-2H3/t14-,20?,21?/m1/s1. The molecule has 0 aromatic heterocycles. The molecular weight excluding hydrogens is 497 g/mol. The van der Waals surface area contributed by atoms with Crippen molar-refractivity contribution < 1.29 is 26.3 Å². The fraction of sp³-hybridized carbons (Fsp3) is 0.714. The lowest BCUT2D eigenvalue weighted by Gasteiger charge is -2.56. The van der Waals surface area contributed by atoms with Crippen molar-refractivity contribution in [3.63, 3.8) is 0 Å². The number of ether oxygens (including phenoxy) is 1. The minimum atomic E-state index is -3.96. The van der Waals surface area contributed by atoms with Crippen molar-refractivity contribution in [3.05, 3.63) is 16.6 Å². The van der Waals surface area contributed by atoms with Crippen molar-refractivity contribution in [2.24, 2.45) is 0 Å². The van der Waals surface area contributed by atoms with Crippen LogP contribution in [0.5, 0.6) is 5.75 Å². The molecule has 174 valence electrons. The molecule has 4 aliphatic rings. The molecule has 1 aromatic rings. The maximum Gasteiger partial charge on any atom is 0.245 e. The quantitative estimate of drug-likeness (QED) is 0.576. The highest BCUT2D eigenvalue weighted by molar-refractivity contribution is 9.10. The van der Waals surface area contributed by atoms with Crippen LogP contribution >= 0.6 is 15.9 Å². The summed E-state index contributed by atoms with van der Waals surface area (Å²) >= 11 is 3.45. The molecule has 2 bridgehead atoms. The highest BCUT2D eigenvalue weighted by Crippen LogP contribution is 2.54. The lowest BCUT2D eigenvalue weighted by Crippen LogP contribution is -2.60. The average Bonchev–Trinajstić information content (AvgIpc) is 2.80. The van der Waals surface area contributed by atoms with Crippen LogP contribution in [0.3, 0.4) is 0 Å². The number of alkyl halides is 3. The van der Waals surface area contributed by atoms with E-state index in [-0.39, 0.29) is 23.4 Å². The van der Waals surface area contributed by atoms with Gasteiger partial charge in [0.1, 0.15) is 16.3 Å². The largest absolute Gasteiger partial charge is 0.496 e. The van der Waals surface area contributed by atoms with Gasteiger partial charge in [-0.25, -0.2) is 26.3 Å². The highest BCUT2D eigenvalue weighted by Gasteiger charge is 2.53. The van der Waals surface area contributed by atoms with Crippen molar-refractivity contribution in [2.45, 2.75) is 86.4 Å². The van der Waals surface area contributed by atoms with Gasteiger partial charge in [-0.1, -0.05) is 0 Å². The van der Waals surface area contributed by atoms with E-state index in [9.17, 15) is 21.6 Å². The number of halogens is 4. The fourth-order valence-corrected chi connectivity index (χ4v) is 7.26. The SMILES string of the molecule is COc1cc2c(cc1Br)N(C13CCC(F)(CC1)CC3)C[C@@H](CCC(C)(F)F)NS2(=O)=O. The first kappa shape index (κ1) is 23.2. The summed E-state index contributed by atoms with van der Waals surface area (Å²) in [6.07, 6.45) is 2.75. The van der Waals surface area contributed by atoms with Crippen molar-refractivity contribution in [1.29, 1.82) is 0 Å². The van der Waals surface area contributed by atoms with Crippen molar-refractivity contribution >= 4 is 31.6 Å². The topological polar surface area (TPSA) is 58.6 Å². The Labute approximate surface area is 189 Å². The lowest BCUT2D eigenvalue weighted by atomic mass is 9.63. The van der Waals surface area contributed by atoms with Crippen molar-refractivity contribution in [3.8, 4) is 5.75 Å². The molecule has 1 N–H and O–H groups in total. The van der Waals surface area contributed by atoms with Gasteiger partial charge in [0.15, 0.2) is 0 Å². The number of nitrogens with zero attached hydrogens (tertiary/aromatic N) is 1. The Morgan fingerprint density at radius 2 is 1.84 bits per heavy atom. The molecule has 0 radical (unpaired) electrons. The van der Waals surface area contributed by atoms with Crippen LogP contribution in [0.1, 0.15) is 58.3 Å². The smallest absolute Gasteiger partial charge is 0.245 e. The summed E-state index contributed by atoms with van der Waals surface area (Å²) in [7, 11) is -2.51. The maximum absolute atomic E-state index is 14.8. The van der Waals surface area contributed by atoms with Crippen molar-refractivity contribution in [1.82, 2.24) is 4.72 Å². The minimum Gasteiger partial charge on any atom is -0.496 e. The number of anilines is 1. The van der Waals surface area contributed by atoms with Gasteiger partial charge in [0.05, 0.1) is 17.3 Å². The van der Waals surface area contributed by atoms with E-state index in [1.165, 1.54) is 13.2 Å². The van der Waals surface area contributed by atoms with Gasteiger partial charge in [-0.2, -0.15) is 0 Å². The first-order chi connectivity index (χ1) is 14.4. The minimum absolute atomic E-state index is 0.00858. The third kappa shape index (κ3) is 4.44. The summed E-state index contributed by atoms with van der Waals surface area (Å²) in [6.45, 7) is 1.11. The van der Waals surface area contributed by atoms with Gasteiger partial charge in [-0.05, 0) is 73.9 Å². The molecule has 0 saturated heterocycles. The second-order valence-electron chi connectivity index (χ2n) is 9.37. The zero-order chi connectivity index (χ0) is 22.7. The van der Waals surface area contributed by atoms with Gasteiger partial charge >= 0.3 is 0 Å². The Hall–Kier alpha value is -1.00. The number of rotatable bonds is 5. The van der Waals surface area contributed by atoms with E-state index >= 15 is 0 Å². The second-order valence-corrected chi connectivity index (χ2v) is 11.9. The molecule has 5 rings (SSSR count). The van der Waals surface area contributed by atoms with Crippen LogP contribution in [0.4, 0.5) is 18.9 Å². The molecule has 3 saturated carbocycles. The first-order valence-electron chi connectivity index (χ1n) is 10.6. The van der Waals surface area contributed by atoms with Gasteiger partial charge in [0, 0.05) is 30.6 Å². The van der Waals surface area contributed by atoms with Gasteiger partial charge in [-0.3, -0.25) is 0 Å². The summed E-state index contributed by atoms with van der Waals surface area (Å²) in [5.74, 6) is -2.51. The molecule has 31 heavy (non-hydrogen) atoms. The number of nitrogens with one attached hydrogen (secondary N) is 1. The predicted octanol–water partition coefficient (Wildman–Crippen LogP) is 5.17. The molecule has 1 atom stereocenters. The zero-order valence-electron chi connectivity index (χ0n) is 17.7. The molecule has 10 heteroatoms. The van der Waals surface area contributed by atoms with Gasteiger partial charge < -0.3 is 9.64 Å². The van der Waals surface area contributed by atoms with E-state index in [4.69, 9.17) is 4.74 Å². The van der Waals surface area contributed by atoms with Crippen LogP contribution in [0.15, 0.2) is 21.5 Å². The second kappa shape index (κ2) is 7.80. The summed E-state index contributed by atoms with van der Waals surface area (Å²) in [6, 6.07) is 2.51. The summed E-state index contributed by atoms with van der Waals surface area (Å²) in [5.41, 5.74) is -1.00. The number of sulfonamides is 1. The molecule has 0 unspecified atom stereocenters. The summed E-state index contributed by atoms with van der Waals surface area (Å²) < 4.78 is 77.0. The highest BCUT2D eigenvalue weighted by atomic mass is 79.9. The fourth-order valence-electron chi connectivity index (χ4n) is 5.30. The number of hydrogen-bond donors (Lipinski definition) is 1.